The highest BCUT2D eigenvalue weighted by molar-refractivity contribution is 5.71. The Balaban J connectivity index is 2.62. The number of aromatic hydroxyl groups is 1. The van der Waals surface area contributed by atoms with Gasteiger partial charge in [0.2, 0.25) is 0 Å². The molecule has 0 aliphatic heterocycles. The van der Waals surface area contributed by atoms with Gasteiger partial charge in [-0.1, -0.05) is 11.6 Å². The van der Waals surface area contributed by atoms with E-state index in [0.717, 1.165) is 11.6 Å². The van der Waals surface area contributed by atoms with Crippen molar-refractivity contribution in [3.63, 3.8) is 0 Å². The molecule has 0 heterocycles. The van der Waals surface area contributed by atoms with Crippen LogP contribution in [0.25, 0.3) is 11.1 Å². The van der Waals surface area contributed by atoms with Gasteiger partial charge in [-0.2, -0.15) is 0 Å². The molecule has 1 nitrogen and oxygen atoms in total. The molecule has 0 atom stereocenters. The van der Waals surface area contributed by atoms with Crippen molar-refractivity contribution in [2.75, 3.05) is 0 Å². The Morgan fingerprint density at radius 2 is 1.69 bits per heavy atom. The second kappa shape index (κ2) is 3.93. The first kappa shape index (κ1) is 10.6. The van der Waals surface area contributed by atoms with Gasteiger partial charge in [0.05, 0.1) is 0 Å². The van der Waals surface area contributed by atoms with Gasteiger partial charge < -0.3 is 5.11 Å². The zero-order valence-electron chi connectivity index (χ0n) is 8.67. The number of halogens is 2. The first-order valence-electron chi connectivity index (χ1n) is 4.83. The molecule has 0 saturated carbocycles. The lowest BCUT2D eigenvalue weighted by Crippen LogP contribution is -1.87. The minimum atomic E-state index is -0.547. The van der Waals surface area contributed by atoms with Crippen LogP contribution in [-0.2, 0) is 0 Å². The largest absolute Gasteiger partial charge is 0.507 e. The second-order valence-corrected chi connectivity index (χ2v) is 3.64. The standard InChI is InChI=1S/C13H10F2O/c1-8-2-5-12(15)11(6-8)10-4-3-9(14)7-13(10)16/h2-7,16H,1H3. The monoisotopic (exact) mass is 220 g/mol. The van der Waals surface area contributed by atoms with Crippen LogP contribution in [0.2, 0.25) is 0 Å². The summed E-state index contributed by atoms with van der Waals surface area (Å²) >= 11 is 0. The normalized spacial score (nSPS) is 10.4. The van der Waals surface area contributed by atoms with Crippen molar-refractivity contribution in [1.82, 2.24) is 0 Å². The molecule has 0 aliphatic rings. The highest BCUT2D eigenvalue weighted by Gasteiger charge is 2.10. The number of hydrogen-bond acceptors (Lipinski definition) is 1. The molecule has 0 radical (unpaired) electrons. The summed E-state index contributed by atoms with van der Waals surface area (Å²) in [6.45, 7) is 1.82. The van der Waals surface area contributed by atoms with Crippen molar-refractivity contribution in [3.8, 4) is 16.9 Å². The summed E-state index contributed by atoms with van der Waals surface area (Å²) in [6, 6.07) is 8.10. The van der Waals surface area contributed by atoms with E-state index in [4.69, 9.17) is 0 Å². The molecule has 0 saturated heterocycles. The summed E-state index contributed by atoms with van der Waals surface area (Å²) in [6.07, 6.45) is 0. The zero-order valence-corrected chi connectivity index (χ0v) is 8.67. The van der Waals surface area contributed by atoms with Crippen LogP contribution >= 0.6 is 0 Å². The van der Waals surface area contributed by atoms with Crippen LogP contribution in [-0.4, -0.2) is 5.11 Å². The van der Waals surface area contributed by atoms with Crippen LogP contribution in [0.1, 0.15) is 5.56 Å². The fourth-order valence-corrected chi connectivity index (χ4v) is 1.58. The predicted molar refractivity (Wildman–Crippen MR) is 58.2 cm³/mol. The third-order valence-electron chi connectivity index (χ3n) is 2.37. The van der Waals surface area contributed by atoms with Gasteiger partial charge in [-0.15, -0.1) is 0 Å². The van der Waals surface area contributed by atoms with Crippen molar-refractivity contribution < 1.29 is 13.9 Å². The molecule has 0 aromatic heterocycles. The van der Waals surface area contributed by atoms with Crippen molar-refractivity contribution >= 4 is 0 Å². The molecule has 0 bridgehead atoms. The predicted octanol–water partition coefficient (Wildman–Crippen LogP) is 3.65. The molecule has 0 fully saturated rings. The van der Waals surface area contributed by atoms with Crippen LogP contribution in [0.15, 0.2) is 36.4 Å². The fraction of sp³-hybridized carbons (Fsp3) is 0.0769. The van der Waals surface area contributed by atoms with Crippen LogP contribution in [0.3, 0.4) is 0 Å². The Hall–Kier alpha value is -1.90. The average molecular weight is 220 g/mol. The fourth-order valence-electron chi connectivity index (χ4n) is 1.58. The molecule has 2 rings (SSSR count). The molecular weight excluding hydrogens is 210 g/mol. The third kappa shape index (κ3) is 1.89. The van der Waals surface area contributed by atoms with E-state index in [1.165, 1.54) is 18.2 Å². The van der Waals surface area contributed by atoms with E-state index >= 15 is 0 Å². The van der Waals surface area contributed by atoms with Crippen LogP contribution in [0.4, 0.5) is 8.78 Å². The van der Waals surface area contributed by atoms with Gasteiger partial charge in [0.1, 0.15) is 17.4 Å². The summed E-state index contributed by atoms with van der Waals surface area (Å²) < 4.78 is 26.3. The highest BCUT2D eigenvalue weighted by atomic mass is 19.1. The Bertz CT molecular complexity index is 535. The summed E-state index contributed by atoms with van der Waals surface area (Å²) in [5, 5.41) is 9.55. The van der Waals surface area contributed by atoms with E-state index in [0.29, 0.717) is 5.56 Å². The minimum Gasteiger partial charge on any atom is -0.507 e. The Morgan fingerprint density at radius 3 is 2.38 bits per heavy atom. The van der Waals surface area contributed by atoms with E-state index < -0.39 is 11.6 Å². The maximum absolute atomic E-state index is 13.5. The first-order chi connectivity index (χ1) is 7.58. The van der Waals surface area contributed by atoms with E-state index in [1.807, 2.05) is 6.92 Å². The molecular formula is C13H10F2O. The van der Waals surface area contributed by atoms with Gasteiger partial charge >= 0.3 is 0 Å². The Kier molecular flexibility index (Phi) is 2.60. The van der Waals surface area contributed by atoms with Gasteiger partial charge in [0.25, 0.3) is 0 Å². The number of benzene rings is 2. The van der Waals surface area contributed by atoms with Gasteiger partial charge in [0.15, 0.2) is 0 Å². The third-order valence-corrected chi connectivity index (χ3v) is 2.37. The van der Waals surface area contributed by atoms with Gasteiger partial charge in [-0.3, -0.25) is 0 Å². The molecule has 0 unspecified atom stereocenters. The Labute approximate surface area is 92.0 Å². The molecule has 3 heteroatoms. The average Bonchev–Trinajstić information content (AvgIpc) is 2.22. The minimum absolute atomic E-state index is 0.260. The van der Waals surface area contributed by atoms with Gasteiger partial charge in [-0.25, -0.2) is 8.78 Å². The lowest BCUT2D eigenvalue weighted by molar-refractivity contribution is 0.470. The Morgan fingerprint density at radius 1 is 0.938 bits per heavy atom. The van der Waals surface area contributed by atoms with Crippen molar-refractivity contribution in [2.45, 2.75) is 6.92 Å². The topological polar surface area (TPSA) is 20.2 Å². The quantitative estimate of drug-likeness (QED) is 0.777. The van der Waals surface area contributed by atoms with E-state index in [2.05, 4.69) is 0 Å². The molecule has 2 aromatic rings. The molecule has 0 amide bonds. The molecule has 0 spiro atoms. The van der Waals surface area contributed by atoms with Crippen molar-refractivity contribution in [3.05, 3.63) is 53.6 Å². The highest BCUT2D eigenvalue weighted by Crippen LogP contribution is 2.31. The first-order valence-corrected chi connectivity index (χ1v) is 4.83. The van der Waals surface area contributed by atoms with Crippen molar-refractivity contribution in [2.24, 2.45) is 0 Å². The number of phenolic OH excluding ortho intramolecular Hbond substituents is 1. The van der Waals surface area contributed by atoms with Crippen LogP contribution in [0, 0.1) is 18.6 Å². The van der Waals surface area contributed by atoms with E-state index in [1.54, 1.807) is 12.1 Å². The van der Waals surface area contributed by atoms with E-state index in [9.17, 15) is 13.9 Å². The lowest BCUT2D eigenvalue weighted by Gasteiger charge is -2.07. The van der Waals surface area contributed by atoms with Gasteiger partial charge in [0, 0.05) is 17.2 Å². The molecule has 2 aromatic carbocycles. The smallest absolute Gasteiger partial charge is 0.131 e. The number of aryl methyl sites for hydroxylation is 1. The maximum atomic E-state index is 13.5. The number of rotatable bonds is 1. The van der Waals surface area contributed by atoms with Crippen LogP contribution in [0.5, 0.6) is 5.75 Å². The van der Waals surface area contributed by atoms with Gasteiger partial charge in [-0.05, 0) is 31.2 Å². The SMILES string of the molecule is Cc1ccc(F)c(-c2ccc(F)cc2O)c1. The lowest BCUT2D eigenvalue weighted by atomic mass is 10.0. The molecule has 0 aliphatic carbocycles. The zero-order chi connectivity index (χ0) is 11.7. The summed E-state index contributed by atoms with van der Waals surface area (Å²) in [4.78, 5) is 0. The molecule has 16 heavy (non-hydrogen) atoms. The summed E-state index contributed by atoms with van der Waals surface area (Å²) in [5.41, 5.74) is 1.44. The van der Waals surface area contributed by atoms with Crippen LogP contribution < -0.4 is 0 Å². The molecule has 82 valence electrons. The van der Waals surface area contributed by atoms with E-state index in [-0.39, 0.29) is 11.3 Å². The maximum Gasteiger partial charge on any atom is 0.131 e. The molecule has 1 N–H and O–H groups in total. The number of hydrogen-bond donors (Lipinski definition) is 1. The van der Waals surface area contributed by atoms with Crippen molar-refractivity contribution in [1.29, 1.82) is 0 Å². The summed E-state index contributed by atoms with van der Waals surface area (Å²) in [5.74, 6) is -1.24. The second-order valence-electron chi connectivity index (χ2n) is 3.64. The summed E-state index contributed by atoms with van der Waals surface area (Å²) in [7, 11) is 0. The number of phenols is 1.